The number of nitrogens with two attached hydrogens (primary N) is 1. The third-order valence-corrected chi connectivity index (χ3v) is 4.61. The first-order valence-electron chi connectivity index (χ1n) is 6.50. The quantitative estimate of drug-likeness (QED) is 0.850. The van der Waals surface area contributed by atoms with Crippen molar-refractivity contribution in [3.63, 3.8) is 0 Å². The summed E-state index contributed by atoms with van der Waals surface area (Å²) in [6.07, 6.45) is 1.09. The summed E-state index contributed by atoms with van der Waals surface area (Å²) in [5.41, 5.74) is 6.34. The zero-order chi connectivity index (χ0) is 14.0. The van der Waals surface area contributed by atoms with Crippen molar-refractivity contribution < 1.29 is 4.79 Å². The molecule has 1 aromatic rings. The maximum absolute atomic E-state index is 11.9. The minimum atomic E-state index is -0.159. The number of amides is 1. The molecule has 1 aliphatic heterocycles. The van der Waals surface area contributed by atoms with E-state index in [1.807, 2.05) is 0 Å². The van der Waals surface area contributed by atoms with Crippen molar-refractivity contribution in [2.75, 3.05) is 44.4 Å². The van der Waals surface area contributed by atoms with E-state index in [9.17, 15) is 4.79 Å². The van der Waals surface area contributed by atoms with E-state index in [0.29, 0.717) is 17.4 Å². The number of hydrogen-bond acceptors (Lipinski definition) is 6. The van der Waals surface area contributed by atoms with Crippen molar-refractivity contribution in [1.82, 2.24) is 14.6 Å². The highest BCUT2D eigenvalue weighted by molar-refractivity contribution is 7.11. The first kappa shape index (κ1) is 14.1. The zero-order valence-electron chi connectivity index (χ0n) is 11.6. The summed E-state index contributed by atoms with van der Waals surface area (Å²) in [6, 6.07) is 0.509. The molecule has 2 heterocycles. The van der Waals surface area contributed by atoms with E-state index in [2.05, 4.69) is 33.5 Å². The standard InChI is InChI=1S/C12H21N5OS/c1-4-8-7-17(6-5-16(8)3)12-9(11(18)14-2)10(13)15-19-12/h8H,4-7H2,1-3H3,(H2,13,15)(H,14,18). The van der Waals surface area contributed by atoms with Crippen molar-refractivity contribution in [3.05, 3.63) is 5.56 Å². The van der Waals surface area contributed by atoms with Gasteiger partial charge in [0.05, 0.1) is 0 Å². The van der Waals surface area contributed by atoms with Gasteiger partial charge in [-0.2, -0.15) is 4.37 Å². The van der Waals surface area contributed by atoms with Gasteiger partial charge in [0.2, 0.25) is 0 Å². The van der Waals surface area contributed by atoms with Crippen molar-refractivity contribution in [2.24, 2.45) is 0 Å². The summed E-state index contributed by atoms with van der Waals surface area (Å²) in [7, 11) is 3.76. The van der Waals surface area contributed by atoms with Crippen LogP contribution in [0.3, 0.4) is 0 Å². The fourth-order valence-corrected chi connectivity index (χ4v) is 3.26. The Morgan fingerprint density at radius 3 is 2.95 bits per heavy atom. The van der Waals surface area contributed by atoms with Gasteiger partial charge in [-0.25, -0.2) is 0 Å². The maximum atomic E-state index is 11.9. The number of aromatic nitrogens is 1. The van der Waals surface area contributed by atoms with E-state index >= 15 is 0 Å². The maximum Gasteiger partial charge on any atom is 0.257 e. The van der Waals surface area contributed by atoms with Crippen LogP contribution in [0.4, 0.5) is 10.8 Å². The minimum Gasteiger partial charge on any atom is -0.382 e. The smallest absolute Gasteiger partial charge is 0.257 e. The van der Waals surface area contributed by atoms with Crippen molar-refractivity contribution in [2.45, 2.75) is 19.4 Å². The highest BCUT2D eigenvalue weighted by Crippen LogP contribution is 2.32. The van der Waals surface area contributed by atoms with Gasteiger partial charge in [0.25, 0.3) is 5.91 Å². The van der Waals surface area contributed by atoms with Gasteiger partial charge in [-0.15, -0.1) is 0 Å². The Balaban J connectivity index is 2.25. The molecule has 2 rings (SSSR count). The molecule has 0 aromatic carbocycles. The van der Waals surface area contributed by atoms with Crippen LogP contribution in [0.5, 0.6) is 0 Å². The SMILES string of the molecule is CCC1CN(c2snc(N)c2C(=O)NC)CCN1C. The van der Waals surface area contributed by atoms with Crippen LogP contribution < -0.4 is 16.0 Å². The number of nitrogens with one attached hydrogen (secondary N) is 1. The Morgan fingerprint density at radius 1 is 1.58 bits per heavy atom. The number of nitrogens with zero attached hydrogens (tertiary/aromatic N) is 3. The molecular weight excluding hydrogens is 262 g/mol. The molecule has 6 nitrogen and oxygen atoms in total. The number of carbonyl (C=O) groups is 1. The van der Waals surface area contributed by atoms with Crippen LogP contribution in [0, 0.1) is 0 Å². The number of rotatable bonds is 3. The first-order valence-corrected chi connectivity index (χ1v) is 7.28. The summed E-state index contributed by atoms with van der Waals surface area (Å²) in [6.45, 7) is 4.99. The van der Waals surface area contributed by atoms with Crippen LogP contribution in [0.25, 0.3) is 0 Å². The Kier molecular flexibility index (Phi) is 4.26. The Bertz CT molecular complexity index is 461. The van der Waals surface area contributed by atoms with Gasteiger partial charge in [0.15, 0.2) is 5.82 Å². The second kappa shape index (κ2) is 5.75. The molecule has 3 N–H and O–H groups in total. The van der Waals surface area contributed by atoms with Gasteiger partial charge >= 0.3 is 0 Å². The minimum absolute atomic E-state index is 0.159. The van der Waals surface area contributed by atoms with Crippen LogP contribution >= 0.6 is 11.5 Å². The fourth-order valence-electron chi connectivity index (χ4n) is 2.42. The number of likely N-dealkylation sites (N-methyl/N-ethyl adjacent to an activating group) is 1. The van der Waals surface area contributed by atoms with Gasteiger partial charge in [-0.05, 0) is 25.0 Å². The molecule has 7 heteroatoms. The number of anilines is 2. The molecule has 19 heavy (non-hydrogen) atoms. The number of hydrogen-bond donors (Lipinski definition) is 2. The lowest BCUT2D eigenvalue weighted by molar-refractivity contribution is 0.0964. The monoisotopic (exact) mass is 283 g/mol. The molecule has 1 atom stereocenters. The predicted octanol–water partition coefficient (Wildman–Crippen LogP) is 0.615. The lowest BCUT2D eigenvalue weighted by Gasteiger charge is -2.39. The highest BCUT2D eigenvalue weighted by atomic mass is 32.1. The second-order valence-corrected chi connectivity index (χ2v) is 5.57. The van der Waals surface area contributed by atoms with Gasteiger partial charge < -0.3 is 16.0 Å². The first-order chi connectivity index (χ1) is 9.08. The van der Waals surface area contributed by atoms with E-state index in [1.54, 1.807) is 7.05 Å². The molecule has 1 unspecified atom stereocenters. The van der Waals surface area contributed by atoms with Crippen LogP contribution in [0.15, 0.2) is 0 Å². The lowest BCUT2D eigenvalue weighted by Crippen LogP contribution is -2.51. The van der Waals surface area contributed by atoms with Crippen LogP contribution in [-0.4, -0.2) is 55.0 Å². The largest absolute Gasteiger partial charge is 0.382 e. The molecule has 1 fully saturated rings. The third kappa shape index (κ3) is 2.66. The normalized spacial score (nSPS) is 20.6. The fraction of sp³-hybridized carbons (Fsp3) is 0.667. The van der Waals surface area contributed by atoms with Crippen molar-refractivity contribution >= 4 is 28.3 Å². The molecule has 1 aromatic heterocycles. The zero-order valence-corrected chi connectivity index (χ0v) is 12.5. The van der Waals surface area contributed by atoms with Crippen LogP contribution in [0.2, 0.25) is 0 Å². The van der Waals surface area contributed by atoms with E-state index in [0.717, 1.165) is 31.1 Å². The average molecular weight is 283 g/mol. The average Bonchev–Trinajstić information content (AvgIpc) is 2.80. The summed E-state index contributed by atoms with van der Waals surface area (Å²) >= 11 is 1.31. The molecule has 0 spiro atoms. The van der Waals surface area contributed by atoms with E-state index < -0.39 is 0 Å². The summed E-state index contributed by atoms with van der Waals surface area (Å²) in [5, 5.41) is 3.52. The van der Waals surface area contributed by atoms with Crippen LogP contribution in [-0.2, 0) is 0 Å². The van der Waals surface area contributed by atoms with E-state index in [1.165, 1.54) is 11.5 Å². The van der Waals surface area contributed by atoms with Crippen molar-refractivity contribution in [1.29, 1.82) is 0 Å². The number of carbonyl (C=O) groups excluding carboxylic acids is 1. The third-order valence-electron chi connectivity index (χ3n) is 3.69. The summed E-state index contributed by atoms with van der Waals surface area (Å²) < 4.78 is 4.13. The molecular formula is C12H21N5OS. The van der Waals surface area contributed by atoms with Crippen LogP contribution in [0.1, 0.15) is 23.7 Å². The molecule has 106 valence electrons. The van der Waals surface area contributed by atoms with Gasteiger partial charge in [0.1, 0.15) is 10.6 Å². The molecule has 1 aliphatic rings. The number of piperazine rings is 1. The Labute approximate surface area is 117 Å². The van der Waals surface area contributed by atoms with E-state index in [-0.39, 0.29) is 5.91 Å². The van der Waals surface area contributed by atoms with Gasteiger partial charge in [-0.1, -0.05) is 6.92 Å². The molecule has 1 saturated heterocycles. The molecule has 0 saturated carbocycles. The Hall–Kier alpha value is -1.34. The van der Waals surface area contributed by atoms with Gasteiger partial charge in [-0.3, -0.25) is 9.69 Å². The molecule has 1 amide bonds. The lowest BCUT2D eigenvalue weighted by atomic mass is 10.1. The summed E-state index contributed by atoms with van der Waals surface area (Å²) in [4.78, 5) is 16.5. The van der Waals surface area contributed by atoms with Crippen molar-refractivity contribution in [3.8, 4) is 0 Å². The highest BCUT2D eigenvalue weighted by Gasteiger charge is 2.28. The second-order valence-electron chi connectivity index (χ2n) is 4.82. The summed E-state index contributed by atoms with van der Waals surface area (Å²) in [5.74, 6) is 0.166. The predicted molar refractivity (Wildman–Crippen MR) is 78.8 cm³/mol. The number of nitrogen functional groups attached to an aromatic ring is 1. The molecule has 0 aliphatic carbocycles. The Morgan fingerprint density at radius 2 is 2.32 bits per heavy atom. The van der Waals surface area contributed by atoms with E-state index in [4.69, 9.17) is 5.73 Å². The topological polar surface area (TPSA) is 74.5 Å². The molecule has 0 bridgehead atoms. The molecule has 0 radical (unpaired) electrons. The van der Waals surface area contributed by atoms with Gasteiger partial charge in [0, 0.05) is 32.7 Å².